The van der Waals surface area contributed by atoms with Crippen LogP contribution in [-0.4, -0.2) is 53.3 Å². The summed E-state index contributed by atoms with van der Waals surface area (Å²) in [6.07, 6.45) is 1.22. The fraction of sp³-hybridized carbons (Fsp3) is 0.289. The van der Waals surface area contributed by atoms with Crippen molar-refractivity contribution in [3.63, 3.8) is 0 Å². The lowest BCUT2D eigenvalue weighted by Crippen LogP contribution is -2.42. The molecule has 0 spiro atoms. The van der Waals surface area contributed by atoms with Crippen molar-refractivity contribution >= 4 is 23.7 Å². The summed E-state index contributed by atoms with van der Waals surface area (Å²) >= 11 is 0. The maximum Gasteiger partial charge on any atom is 0.410 e. The molecule has 2 amide bonds. The van der Waals surface area contributed by atoms with Gasteiger partial charge < -0.3 is 29.5 Å². The molecule has 1 aliphatic rings. The summed E-state index contributed by atoms with van der Waals surface area (Å²) in [5, 5.41) is 12.7. The van der Waals surface area contributed by atoms with Gasteiger partial charge in [0.1, 0.15) is 23.7 Å². The molecule has 1 fully saturated rings. The molecule has 4 aromatic carbocycles. The summed E-state index contributed by atoms with van der Waals surface area (Å²) in [6.45, 7) is 7.37. The number of benzene rings is 4. The Balaban J connectivity index is 1.33. The standard InChI is InChI=1S/C38H40N2O7/c1-38(2,3)47-37(44)40-20-18-27(19-21-40)24-45-30-15-17-34(46-25-26-10-6-4-7-11-26)32(23-30)35(41)39-33-22-29(14-16-31(33)36(42)43)28-12-8-5-9-13-28/h4-17,22-23,27H,18-21,24-25H2,1-3H3,(H,39,41)(H,42,43). The normalized spacial score (nSPS) is 13.5. The summed E-state index contributed by atoms with van der Waals surface area (Å²) in [4.78, 5) is 40.1. The molecule has 0 aromatic heterocycles. The number of hydrogen-bond donors (Lipinski definition) is 2. The Hall–Kier alpha value is -5.31. The minimum atomic E-state index is -1.16. The number of carboxylic acids is 1. The van der Waals surface area contributed by atoms with Crippen LogP contribution in [0.25, 0.3) is 11.1 Å². The molecule has 1 aliphatic heterocycles. The number of amides is 2. The summed E-state index contributed by atoms with van der Waals surface area (Å²) in [5.74, 6) is -0.653. The van der Waals surface area contributed by atoms with Crippen LogP contribution >= 0.6 is 0 Å². The fourth-order valence-corrected chi connectivity index (χ4v) is 5.29. The van der Waals surface area contributed by atoms with Gasteiger partial charge in [-0.05, 0) is 86.6 Å². The lowest BCUT2D eigenvalue weighted by atomic mass is 9.98. The van der Waals surface area contributed by atoms with E-state index in [-0.39, 0.29) is 35.4 Å². The van der Waals surface area contributed by atoms with Crippen LogP contribution < -0.4 is 14.8 Å². The molecule has 5 rings (SSSR count). The minimum absolute atomic E-state index is 0.0325. The first-order valence-electron chi connectivity index (χ1n) is 15.7. The average Bonchev–Trinajstić information content (AvgIpc) is 3.06. The molecule has 1 heterocycles. The molecule has 0 radical (unpaired) electrons. The number of rotatable bonds is 10. The predicted octanol–water partition coefficient (Wildman–Crippen LogP) is 7.91. The number of ether oxygens (including phenoxy) is 3. The zero-order valence-corrected chi connectivity index (χ0v) is 26.9. The number of nitrogens with zero attached hydrogens (tertiary/aromatic N) is 1. The highest BCUT2D eigenvalue weighted by Gasteiger charge is 2.27. The molecule has 0 bridgehead atoms. The predicted molar refractivity (Wildman–Crippen MR) is 180 cm³/mol. The molecular formula is C38H40N2O7. The Morgan fingerprint density at radius 3 is 2.15 bits per heavy atom. The van der Waals surface area contributed by atoms with E-state index in [0.29, 0.717) is 31.2 Å². The van der Waals surface area contributed by atoms with E-state index in [9.17, 15) is 19.5 Å². The van der Waals surface area contributed by atoms with Crippen LogP contribution in [0.15, 0.2) is 97.1 Å². The highest BCUT2D eigenvalue weighted by atomic mass is 16.6. The van der Waals surface area contributed by atoms with Crippen LogP contribution in [0.4, 0.5) is 10.5 Å². The topological polar surface area (TPSA) is 114 Å². The Labute approximate surface area is 275 Å². The molecule has 1 saturated heterocycles. The molecule has 0 unspecified atom stereocenters. The number of hydrogen-bond acceptors (Lipinski definition) is 6. The maximum absolute atomic E-state index is 13.8. The van der Waals surface area contributed by atoms with E-state index in [2.05, 4.69) is 5.32 Å². The van der Waals surface area contributed by atoms with Crippen molar-refractivity contribution in [3.8, 4) is 22.6 Å². The second-order valence-corrected chi connectivity index (χ2v) is 12.5. The number of piperidine rings is 1. The number of carbonyl (C=O) groups is 3. The van der Waals surface area contributed by atoms with Gasteiger partial charge >= 0.3 is 12.1 Å². The molecule has 9 nitrogen and oxygen atoms in total. The van der Waals surface area contributed by atoms with Gasteiger partial charge in [-0.25, -0.2) is 9.59 Å². The van der Waals surface area contributed by atoms with E-state index in [1.807, 2.05) is 81.4 Å². The average molecular weight is 637 g/mol. The first-order chi connectivity index (χ1) is 22.6. The third kappa shape index (κ3) is 9.13. The van der Waals surface area contributed by atoms with Gasteiger partial charge in [-0.15, -0.1) is 0 Å². The van der Waals surface area contributed by atoms with E-state index >= 15 is 0 Å². The SMILES string of the molecule is CC(C)(C)OC(=O)N1CCC(COc2ccc(OCc3ccccc3)c(C(=O)Nc3cc(-c4ccccc4)ccc3C(=O)O)c2)CC1. The number of likely N-dealkylation sites (tertiary alicyclic amines) is 1. The lowest BCUT2D eigenvalue weighted by Gasteiger charge is -2.33. The maximum atomic E-state index is 13.8. The number of anilines is 1. The molecule has 0 saturated carbocycles. The van der Waals surface area contributed by atoms with Crippen molar-refractivity contribution < 1.29 is 33.7 Å². The Morgan fingerprint density at radius 2 is 1.49 bits per heavy atom. The molecule has 0 aliphatic carbocycles. The zero-order valence-electron chi connectivity index (χ0n) is 26.9. The Kier molecular flexibility index (Phi) is 10.5. The van der Waals surface area contributed by atoms with Gasteiger partial charge in [-0.2, -0.15) is 0 Å². The third-order valence-corrected chi connectivity index (χ3v) is 7.79. The van der Waals surface area contributed by atoms with Crippen molar-refractivity contribution in [2.24, 2.45) is 5.92 Å². The largest absolute Gasteiger partial charge is 0.493 e. The number of carboxylic acid groups (broad SMARTS) is 1. The third-order valence-electron chi connectivity index (χ3n) is 7.79. The molecule has 2 N–H and O–H groups in total. The summed E-state index contributed by atoms with van der Waals surface area (Å²) in [5.41, 5.74) is 2.38. The summed E-state index contributed by atoms with van der Waals surface area (Å²) in [6, 6.07) is 29.0. The van der Waals surface area contributed by atoms with Gasteiger partial charge in [-0.3, -0.25) is 4.79 Å². The highest BCUT2D eigenvalue weighted by molar-refractivity contribution is 6.09. The van der Waals surface area contributed by atoms with E-state index < -0.39 is 17.5 Å². The van der Waals surface area contributed by atoms with Crippen molar-refractivity contribution in [1.82, 2.24) is 4.90 Å². The van der Waals surface area contributed by atoms with E-state index in [1.165, 1.54) is 6.07 Å². The molecule has 9 heteroatoms. The van der Waals surface area contributed by atoms with Crippen LogP contribution in [0.1, 0.15) is 59.9 Å². The molecule has 4 aromatic rings. The van der Waals surface area contributed by atoms with Crippen molar-refractivity contribution in [3.05, 3.63) is 114 Å². The molecular weight excluding hydrogens is 596 g/mol. The monoisotopic (exact) mass is 636 g/mol. The van der Waals surface area contributed by atoms with Crippen LogP contribution in [0.2, 0.25) is 0 Å². The van der Waals surface area contributed by atoms with Crippen molar-refractivity contribution in [2.45, 2.75) is 45.8 Å². The smallest absolute Gasteiger partial charge is 0.410 e. The van der Waals surface area contributed by atoms with Gasteiger partial charge in [0, 0.05) is 13.1 Å². The summed E-state index contributed by atoms with van der Waals surface area (Å²) < 4.78 is 17.7. The second kappa shape index (κ2) is 14.9. The van der Waals surface area contributed by atoms with Gasteiger partial charge in [0.15, 0.2) is 0 Å². The minimum Gasteiger partial charge on any atom is -0.493 e. The van der Waals surface area contributed by atoms with Crippen molar-refractivity contribution in [1.29, 1.82) is 0 Å². The van der Waals surface area contributed by atoms with E-state index in [4.69, 9.17) is 14.2 Å². The lowest BCUT2D eigenvalue weighted by molar-refractivity contribution is 0.0164. The number of aromatic carboxylic acids is 1. The first-order valence-corrected chi connectivity index (χ1v) is 15.7. The quantitative estimate of drug-likeness (QED) is 0.182. The number of nitrogens with one attached hydrogen (secondary N) is 1. The molecule has 0 atom stereocenters. The summed E-state index contributed by atoms with van der Waals surface area (Å²) in [7, 11) is 0. The Morgan fingerprint density at radius 1 is 0.809 bits per heavy atom. The van der Waals surface area contributed by atoms with Crippen LogP contribution in [0.3, 0.4) is 0 Å². The molecule has 47 heavy (non-hydrogen) atoms. The first kappa shape index (κ1) is 33.1. The fourth-order valence-electron chi connectivity index (χ4n) is 5.29. The van der Waals surface area contributed by atoms with Gasteiger partial charge in [0.25, 0.3) is 5.91 Å². The van der Waals surface area contributed by atoms with Gasteiger partial charge in [-0.1, -0.05) is 66.7 Å². The number of carbonyl (C=O) groups excluding carboxylic acids is 2. The highest BCUT2D eigenvalue weighted by Crippen LogP contribution is 2.30. The zero-order chi connectivity index (χ0) is 33.4. The van der Waals surface area contributed by atoms with E-state index in [0.717, 1.165) is 29.5 Å². The van der Waals surface area contributed by atoms with Crippen molar-refractivity contribution in [2.75, 3.05) is 25.0 Å². The molecule has 244 valence electrons. The van der Waals surface area contributed by atoms with Gasteiger partial charge in [0.05, 0.1) is 23.4 Å². The van der Waals surface area contributed by atoms with Crippen LogP contribution in [-0.2, 0) is 11.3 Å². The van der Waals surface area contributed by atoms with Gasteiger partial charge in [0.2, 0.25) is 0 Å². The Bertz CT molecular complexity index is 1690. The van der Waals surface area contributed by atoms with Crippen LogP contribution in [0, 0.1) is 5.92 Å². The van der Waals surface area contributed by atoms with Crippen LogP contribution in [0.5, 0.6) is 11.5 Å². The second-order valence-electron chi connectivity index (χ2n) is 12.5. The van der Waals surface area contributed by atoms with E-state index in [1.54, 1.807) is 35.2 Å².